The number of amides is 2. The lowest BCUT2D eigenvalue weighted by Gasteiger charge is -2.08. The summed E-state index contributed by atoms with van der Waals surface area (Å²) < 4.78 is 1.87. The third-order valence-electron chi connectivity index (χ3n) is 3.64. The van der Waals surface area contributed by atoms with Crippen LogP contribution >= 0.6 is 0 Å². The number of hydrogen-bond donors (Lipinski definition) is 2. The van der Waals surface area contributed by atoms with Gasteiger partial charge in [-0.25, -0.2) is 14.8 Å². The zero-order valence-corrected chi connectivity index (χ0v) is 14.1. The Bertz CT molecular complexity index is 857. The average Bonchev–Trinajstić information content (AvgIpc) is 3.08. The standard InChI is InChI=1S/C17H19N7O/c1-3-24-11-20-23-15(24)10-19-17(25)22-14-6-4-13(5-7-14)16-18-9-8-12(2)21-16/h4-9,11H,3,10H2,1-2H3,(H2,19,22,25). The van der Waals surface area contributed by atoms with Crippen molar-refractivity contribution in [2.45, 2.75) is 26.9 Å². The number of anilines is 1. The molecular formula is C17H19N7O. The van der Waals surface area contributed by atoms with E-state index in [1.54, 1.807) is 12.5 Å². The van der Waals surface area contributed by atoms with Gasteiger partial charge in [-0.15, -0.1) is 10.2 Å². The molecule has 8 heteroatoms. The molecule has 0 aliphatic rings. The van der Waals surface area contributed by atoms with E-state index in [-0.39, 0.29) is 6.03 Å². The highest BCUT2D eigenvalue weighted by Gasteiger charge is 2.07. The molecule has 0 radical (unpaired) electrons. The van der Waals surface area contributed by atoms with Gasteiger partial charge in [0.25, 0.3) is 0 Å². The third-order valence-corrected chi connectivity index (χ3v) is 3.64. The van der Waals surface area contributed by atoms with Crippen LogP contribution in [0, 0.1) is 6.92 Å². The van der Waals surface area contributed by atoms with Gasteiger partial charge in [-0.3, -0.25) is 0 Å². The fraction of sp³-hybridized carbons (Fsp3) is 0.235. The lowest BCUT2D eigenvalue weighted by molar-refractivity contribution is 0.251. The molecule has 8 nitrogen and oxygen atoms in total. The van der Waals surface area contributed by atoms with Crippen LogP contribution in [0.4, 0.5) is 10.5 Å². The number of carbonyl (C=O) groups is 1. The van der Waals surface area contributed by atoms with Gasteiger partial charge in [0.15, 0.2) is 11.6 Å². The van der Waals surface area contributed by atoms with Gasteiger partial charge in [0.05, 0.1) is 6.54 Å². The van der Waals surface area contributed by atoms with E-state index in [2.05, 4.69) is 30.8 Å². The summed E-state index contributed by atoms with van der Waals surface area (Å²) in [6, 6.07) is 8.93. The molecule has 2 N–H and O–H groups in total. The van der Waals surface area contributed by atoms with E-state index in [0.717, 1.165) is 17.8 Å². The molecule has 0 aliphatic heterocycles. The second-order valence-electron chi connectivity index (χ2n) is 5.44. The summed E-state index contributed by atoms with van der Waals surface area (Å²) in [5.74, 6) is 1.37. The lowest BCUT2D eigenvalue weighted by atomic mass is 10.2. The number of carbonyl (C=O) groups excluding carboxylic acids is 1. The molecule has 0 atom stereocenters. The van der Waals surface area contributed by atoms with Crippen LogP contribution in [0.1, 0.15) is 18.4 Å². The molecule has 25 heavy (non-hydrogen) atoms. The van der Waals surface area contributed by atoms with Gasteiger partial charge in [-0.1, -0.05) is 0 Å². The first-order valence-electron chi connectivity index (χ1n) is 7.97. The molecule has 2 amide bonds. The van der Waals surface area contributed by atoms with Crippen molar-refractivity contribution in [3.63, 3.8) is 0 Å². The van der Waals surface area contributed by atoms with Gasteiger partial charge in [-0.05, 0) is 44.2 Å². The van der Waals surface area contributed by atoms with E-state index < -0.39 is 0 Å². The van der Waals surface area contributed by atoms with E-state index >= 15 is 0 Å². The van der Waals surface area contributed by atoms with Gasteiger partial charge < -0.3 is 15.2 Å². The predicted molar refractivity (Wildman–Crippen MR) is 93.8 cm³/mol. The van der Waals surface area contributed by atoms with E-state index in [1.807, 2.05) is 48.7 Å². The molecule has 1 aromatic carbocycles. The summed E-state index contributed by atoms with van der Waals surface area (Å²) in [5, 5.41) is 13.4. The van der Waals surface area contributed by atoms with E-state index in [9.17, 15) is 4.79 Å². The minimum atomic E-state index is -0.301. The number of urea groups is 1. The highest BCUT2D eigenvalue weighted by Crippen LogP contribution is 2.17. The minimum absolute atomic E-state index is 0.301. The number of rotatable bonds is 5. The topological polar surface area (TPSA) is 97.6 Å². The van der Waals surface area contributed by atoms with Gasteiger partial charge >= 0.3 is 6.03 Å². The molecule has 0 unspecified atom stereocenters. The summed E-state index contributed by atoms with van der Waals surface area (Å²) in [7, 11) is 0. The molecule has 0 aliphatic carbocycles. The van der Waals surface area contributed by atoms with Gasteiger partial charge in [0.2, 0.25) is 0 Å². The Morgan fingerprint density at radius 3 is 2.72 bits per heavy atom. The fourth-order valence-corrected chi connectivity index (χ4v) is 2.31. The van der Waals surface area contributed by atoms with Crippen LogP contribution in [0.3, 0.4) is 0 Å². The van der Waals surface area contributed by atoms with Gasteiger partial charge in [0.1, 0.15) is 6.33 Å². The smallest absolute Gasteiger partial charge is 0.319 e. The summed E-state index contributed by atoms with van der Waals surface area (Å²) in [6.07, 6.45) is 3.37. The first kappa shape index (κ1) is 16.6. The number of nitrogens with one attached hydrogen (secondary N) is 2. The molecule has 0 saturated carbocycles. The monoisotopic (exact) mass is 337 g/mol. The van der Waals surface area contributed by atoms with Crippen LogP contribution < -0.4 is 10.6 Å². The highest BCUT2D eigenvalue weighted by molar-refractivity contribution is 5.89. The number of aromatic nitrogens is 5. The van der Waals surface area contributed by atoms with Crippen molar-refractivity contribution in [3.05, 3.63) is 54.4 Å². The van der Waals surface area contributed by atoms with Crippen molar-refractivity contribution in [3.8, 4) is 11.4 Å². The molecule has 0 fully saturated rings. The van der Waals surface area contributed by atoms with Crippen LogP contribution in [0.25, 0.3) is 11.4 Å². The fourth-order valence-electron chi connectivity index (χ4n) is 2.31. The zero-order valence-electron chi connectivity index (χ0n) is 14.1. The SMILES string of the molecule is CCn1cnnc1CNC(=O)Nc1ccc(-c2nccc(C)n2)cc1. The Hall–Kier alpha value is -3.29. The van der Waals surface area contributed by atoms with Crippen molar-refractivity contribution in [2.75, 3.05) is 5.32 Å². The highest BCUT2D eigenvalue weighted by atomic mass is 16.2. The second-order valence-corrected chi connectivity index (χ2v) is 5.44. The first-order chi connectivity index (χ1) is 12.2. The maximum Gasteiger partial charge on any atom is 0.319 e. The number of hydrogen-bond acceptors (Lipinski definition) is 5. The molecule has 2 heterocycles. The lowest BCUT2D eigenvalue weighted by Crippen LogP contribution is -2.29. The van der Waals surface area contributed by atoms with Crippen LogP contribution in [-0.2, 0) is 13.1 Å². The van der Waals surface area contributed by atoms with Crippen LogP contribution in [0.15, 0.2) is 42.9 Å². The van der Waals surface area contributed by atoms with Crippen LogP contribution in [0.2, 0.25) is 0 Å². The molecule has 0 spiro atoms. The number of aryl methyl sites for hydroxylation is 2. The molecule has 0 saturated heterocycles. The average molecular weight is 337 g/mol. The van der Waals surface area contributed by atoms with Crippen molar-refractivity contribution in [2.24, 2.45) is 0 Å². The Morgan fingerprint density at radius 1 is 1.20 bits per heavy atom. The quantitative estimate of drug-likeness (QED) is 0.745. The first-order valence-corrected chi connectivity index (χ1v) is 7.97. The molecule has 0 bridgehead atoms. The number of nitrogens with zero attached hydrogens (tertiary/aromatic N) is 5. The molecule has 2 aromatic heterocycles. The van der Waals surface area contributed by atoms with Crippen molar-refractivity contribution >= 4 is 11.7 Å². The van der Waals surface area contributed by atoms with Crippen molar-refractivity contribution in [1.29, 1.82) is 0 Å². The molecular weight excluding hydrogens is 318 g/mol. The van der Waals surface area contributed by atoms with E-state index in [4.69, 9.17) is 0 Å². The molecule has 3 aromatic rings. The normalized spacial score (nSPS) is 10.5. The Labute approximate surface area is 145 Å². The van der Waals surface area contributed by atoms with Gasteiger partial charge in [0, 0.05) is 29.7 Å². The maximum absolute atomic E-state index is 12.0. The summed E-state index contributed by atoms with van der Waals surface area (Å²) in [6.45, 7) is 4.99. The van der Waals surface area contributed by atoms with Gasteiger partial charge in [-0.2, -0.15) is 0 Å². The maximum atomic E-state index is 12.0. The van der Waals surface area contributed by atoms with E-state index in [0.29, 0.717) is 23.9 Å². The summed E-state index contributed by atoms with van der Waals surface area (Å²) in [5.41, 5.74) is 2.49. The Kier molecular flexibility index (Phi) is 4.98. The Morgan fingerprint density at radius 2 is 2.00 bits per heavy atom. The second kappa shape index (κ2) is 7.52. The van der Waals surface area contributed by atoms with Crippen LogP contribution in [-0.4, -0.2) is 30.8 Å². The minimum Gasteiger partial charge on any atom is -0.331 e. The Balaban J connectivity index is 1.58. The number of benzene rings is 1. The largest absolute Gasteiger partial charge is 0.331 e. The zero-order chi connectivity index (χ0) is 17.6. The van der Waals surface area contributed by atoms with Crippen molar-refractivity contribution in [1.82, 2.24) is 30.0 Å². The third kappa shape index (κ3) is 4.17. The molecule has 3 rings (SSSR count). The summed E-state index contributed by atoms with van der Waals surface area (Å²) >= 11 is 0. The molecule has 128 valence electrons. The van der Waals surface area contributed by atoms with Crippen molar-refractivity contribution < 1.29 is 4.79 Å². The van der Waals surface area contributed by atoms with E-state index in [1.165, 1.54) is 0 Å². The summed E-state index contributed by atoms with van der Waals surface area (Å²) in [4.78, 5) is 20.6. The predicted octanol–water partition coefficient (Wildman–Crippen LogP) is 2.39. The van der Waals surface area contributed by atoms with Crippen LogP contribution in [0.5, 0.6) is 0 Å².